The van der Waals surface area contributed by atoms with Gasteiger partial charge in [-0.15, -0.1) is 11.8 Å². The lowest BCUT2D eigenvalue weighted by Crippen LogP contribution is -2.43. The van der Waals surface area contributed by atoms with Crippen molar-refractivity contribution in [3.63, 3.8) is 0 Å². The van der Waals surface area contributed by atoms with Crippen molar-refractivity contribution in [2.24, 2.45) is 5.92 Å². The number of benzene rings is 1. The van der Waals surface area contributed by atoms with E-state index in [1.54, 1.807) is 0 Å². The van der Waals surface area contributed by atoms with Crippen molar-refractivity contribution in [3.8, 4) is 5.75 Å². The number of aliphatic carboxylic acids is 1. The highest BCUT2D eigenvalue weighted by molar-refractivity contribution is 8.00. The SMILES string of the molecule is CCOc1ccc(SCC(=O)N[C@H]2CCCCC[C@H]2C(=O)O)cc1. The minimum Gasteiger partial charge on any atom is -0.494 e. The minimum atomic E-state index is -0.804. The quantitative estimate of drug-likeness (QED) is 0.582. The van der Waals surface area contributed by atoms with Gasteiger partial charge in [0.15, 0.2) is 0 Å². The van der Waals surface area contributed by atoms with Crippen molar-refractivity contribution in [3.05, 3.63) is 24.3 Å². The summed E-state index contributed by atoms with van der Waals surface area (Å²) in [4.78, 5) is 24.6. The molecule has 0 aliphatic heterocycles. The van der Waals surface area contributed by atoms with Gasteiger partial charge in [0, 0.05) is 10.9 Å². The van der Waals surface area contributed by atoms with Gasteiger partial charge in [-0.05, 0) is 44.0 Å². The Labute approximate surface area is 147 Å². The van der Waals surface area contributed by atoms with Crippen LogP contribution in [-0.4, -0.2) is 35.4 Å². The third-order valence-electron chi connectivity index (χ3n) is 4.18. The Kier molecular flexibility index (Phi) is 7.43. The number of carboxylic acids is 1. The van der Waals surface area contributed by atoms with Crippen LogP contribution in [0.2, 0.25) is 0 Å². The first-order chi connectivity index (χ1) is 11.6. The van der Waals surface area contributed by atoms with Gasteiger partial charge in [-0.1, -0.05) is 19.3 Å². The van der Waals surface area contributed by atoms with E-state index in [1.807, 2.05) is 31.2 Å². The number of nitrogens with one attached hydrogen (secondary N) is 1. The second-order valence-corrected chi connectivity index (χ2v) is 7.00. The summed E-state index contributed by atoms with van der Waals surface area (Å²) in [5.41, 5.74) is 0. The van der Waals surface area contributed by atoms with Crippen LogP contribution in [0.3, 0.4) is 0 Å². The maximum absolute atomic E-state index is 12.2. The van der Waals surface area contributed by atoms with Crippen LogP contribution in [0.15, 0.2) is 29.2 Å². The lowest BCUT2D eigenvalue weighted by Gasteiger charge is -2.22. The first-order valence-electron chi connectivity index (χ1n) is 8.48. The fourth-order valence-electron chi connectivity index (χ4n) is 2.97. The number of amides is 1. The maximum atomic E-state index is 12.2. The third-order valence-corrected chi connectivity index (χ3v) is 5.20. The standard InChI is InChI=1S/C18H25NO4S/c1-2-23-13-8-10-14(11-9-13)24-12-17(20)19-16-7-5-3-4-6-15(16)18(21)22/h8-11,15-16H,2-7,12H2,1H3,(H,19,20)(H,21,22)/t15-,16+/m1/s1. The van der Waals surface area contributed by atoms with Crippen LogP contribution in [-0.2, 0) is 9.59 Å². The summed E-state index contributed by atoms with van der Waals surface area (Å²) in [6, 6.07) is 7.37. The normalized spacial score (nSPS) is 20.9. The molecular formula is C18H25NO4S. The Morgan fingerprint density at radius 1 is 1.21 bits per heavy atom. The van der Waals surface area contributed by atoms with Crippen LogP contribution >= 0.6 is 11.8 Å². The fraction of sp³-hybridized carbons (Fsp3) is 0.556. The number of ether oxygens (including phenoxy) is 1. The van der Waals surface area contributed by atoms with Gasteiger partial charge in [0.25, 0.3) is 0 Å². The Hall–Kier alpha value is -1.69. The molecule has 1 fully saturated rings. The number of thioether (sulfide) groups is 1. The van der Waals surface area contributed by atoms with E-state index in [4.69, 9.17) is 4.74 Å². The number of rotatable bonds is 7. The average molecular weight is 351 g/mol. The molecule has 2 rings (SSSR count). The molecule has 0 unspecified atom stereocenters. The molecule has 0 heterocycles. The van der Waals surface area contributed by atoms with Gasteiger partial charge in [0.05, 0.1) is 18.3 Å². The zero-order valence-corrected chi connectivity index (χ0v) is 14.8. The Morgan fingerprint density at radius 3 is 2.58 bits per heavy atom. The molecule has 5 nitrogen and oxygen atoms in total. The highest BCUT2D eigenvalue weighted by Crippen LogP contribution is 2.25. The van der Waals surface area contributed by atoms with E-state index in [-0.39, 0.29) is 17.7 Å². The van der Waals surface area contributed by atoms with Crippen molar-refractivity contribution in [1.29, 1.82) is 0 Å². The molecule has 0 radical (unpaired) electrons. The molecule has 2 N–H and O–H groups in total. The Bertz CT molecular complexity index is 546. The minimum absolute atomic E-state index is 0.105. The monoisotopic (exact) mass is 351 g/mol. The molecule has 0 spiro atoms. The van der Waals surface area contributed by atoms with Crippen molar-refractivity contribution in [2.45, 2.75) is 50.0 Å². The van der Waals surface area contributed by atoms with Gasteiger partial charge < -0.3 is 15.2 Å². The molecular weight excluding hydrogens is 326 g/mol. The van der Waals surface area contributed by atoms with Crippen LogP contribution in [0.4, 0.5) is 0 Å². The first-order valence-corrected chi connectivity index (χ1v) is 9.46. The molecule has 6 heteroatoms. The predicted octanol–water partition coefficient (Wildman–Crippen LogP) is 3.33. The van der Waals surface area contributed by atoms with Crippen LogP contribution in [0.5, 0.6) is 5.75 Å². The van der Waals surface area contributed by atoms with Gasteiger partial charge in [0.1, 0.15) is 5.75 Å². The Balaban J connectivity index is 1.84. The summed E-state index contributed by atoms with van der Waals surface area (Å²) in [5.74, 6) is -0.272. The zero-order chi connectivity index (χ0) is 17.4. The lowest BCUT2D eigenvalue weighted by molar-refractivity contribution is -0.143. The van der Waals surface area contributed by atoms with Crippen LogP contribution < -0.4 is 10.1 Å². The van der Waals surface area contributed by atoms with Gasteiger partial charge in [-0.25, -0.2) is 0 Å². The highest BCUT2D eigenvalue weighted by atomic mass is 32.2. The smallest absolute Gasteiger partial charge is 0.308 e. The van der Waals surface area contributed by atoms with Crippen molar-refractivity contribution < 1.29 is 19.4 Å². The number of hydrogen-bond donors (Lipinski definition) is 2. The fourth-order valence-corrected chi connectivity index (χ4v) is 3.68. The van der Waals surface area contributed by atoms with Gasteiger partial charge in [-0.2, -0.15) is 0 Å². The third kappa shape index (κ3) is 5.74. The predicted molar refractivity (Wildman–Crippen MR) is 94.5 cm³/mol. The summed E-state index contributed by atoms with van der Waals surface area (Å²) in [6.45, 7) is 2.56. The second-order valence-electron chi connectivity index (χ2n) is 5.95. The lowest BCUT2D eigenvalue weighted by atomic mass is 9.95. The van der Waals surface area contributed by atoms with Crippen LogP contribution in [0, 0.1) is 5.92 Å². The molecule has 1 aliphatic rings. The molecule has 132 valence electrons. The molecule has 1 saturated carbocycles. The first kappa shape index (κ1) is 18.6. The Morgan fingerprint density at radius 2 is 1.92 bits per heavy atom. The molecule has 2 atom stereocenters. The largest absolute Gasteiger partial charge is 0.494 e. The van der Waals surface area contributed by atoms with Crippen molar-refractivity contribution >= 4 is 23.6 Å². The van der Waals surface area contributed by atoms with Gasteiger partial charge in [-0.3, -0.25) is 9.59 Å². The summed E-state index contributed by atoms with van der Waals surface area (Å²) in [7, 11) is 0. The summed E-state index contributed by atoms with van der Waals surface area (Å²) >= 11 is 1.44. The van der Waals surface area contributed by atoms with Crippen molar-refractivity contribution in [2.75, 3.05) is 12.4 Å². The number of carboxylic acid groups (broad SMARTS) is 1. The topological polar surface area (TPSA) is 75.6 Å². The maximum Gasteiger partial charge on any atom is 0.308 e. The molecule has 1 aromatic rings. The average Bonchev–Trinajstić information content (AvgIpc) is 2.80. The van der Waals surface area contributed by atoms with E-state index in [0.29, 0.717) is 13.0 Å². The van der Waals surface area contributed by atoms with Gasteiger partial charge >= 0.3 is 5.97 Å². The van der Waals surface area contributed by atoms with Crippen LogP contribution in [0.1, 0.15) is 39.0 Å². The summed E-state index contributed by atoms with van der Waals surface area (Å²) < 4.78 is 5.39. The molecule has 0 aromatic heterocycles. The van der Waals surface area contributed by atoms with E-state index in [9.17, 15) is 14.7 Å². The second kappa shape index (κ2) is 9.57. The van der Waals surface area contributed by atoms with Gasteiger partial charge in [0.2, 0.25) is 5.91 Å². The van der Waals surface area contributed by atoms with E-state index in [0.717, 1.165) is 36.3 Å². The molecule has 0 bridgehead atoms. The summed E-state index contributed by atoms with van der Waals surface area (Å²) in [6.07, 6.45) is 4.32. The molecule has 24 heavy (non-hydrogen) atoms. The highest BCUT2D eigenvalue weighted by Gasteiger charge is 2.30. The molecule has 1 amide bonds. The zero-order valence-electron chi connectivity index (χ0n) is 14.0. The molecule has 1 aliphatic carbocycles. The molecule has 0 saturated heterocycles. The van der Waals surface area contributed by atoms with E-state index in [1.165, 1.54) is 11.8 Å². The van der Waals surface area contributed by atoms with E-state index < -0.39 is 11.9 Å². The number of carbonyl (C=O) groups excluding carboxylic acids is 1. The van der Waals surface area contributed by atoms with Crippen molar-refractivity contribution in [1.82, 2.24) is 5.32 Å². The van der Waals surface area contributed by atoms with E-state index >= 15 is 0 Å². The number of hydrogen-bond acceptors (Lipinski definition) is 4. The number of carbonyl (C=O) groups is 2. The van der Waals surface area contributed by atoms with Crippen LogP contribution in [0.25, 0.3) is 0 Å². The summed E-state index contributed by atoms with van der Waals surface area (Å²) in [5, 5.41) is 12.3. The molecule has 1 aromatic carbocycles. The van der Waals surface area contributed by atoms with E-state index in [2.05, 4.69) is 5.32 Å².